The highest BCUT2D eigenvalue weighted by atomic mass is 15.0. The monoisotopic (exact) mass is 207 g/mol. The summed E-state index contributed by atoms with van der Waals surface area (Å²) in [6, 6.07) is 0. The van der Waals surface area contributed by atoms with E-state index in [2.05, 4.69) is 36.1 Å². The lowest BCUT2D eigenvalue weighted by Gasteiger charge is -2.22. The molecule has 1 aromatic rings. The molecule has 2 N–H and O–H groups in total. The van der Waals surface area contributed by atoms with Gasteiger partial charge in [-0.2, -0.15) is 0 Å². The topological polar surface area (TPSA) is 40.7 Å². The van der Waals surface area contributed by atoms with Gasteiger partial charge in [-0.3, -0.25) is 0 Å². The number of rotatable bonds is 3. The summed E-state index contributed by atoms with van der Waals surface area (Å²) in [4.78, 5) is 8.14. The van der Waals surface area contributed by atoms with Crippen LogP contribution in [0.1, 0.15) is 50.3 Å². The van der Waals surface area contributed by atoms with Gasteiger partial charge in [0, 0.05) is 11.6 Å². The molecule has 2 unspecified atom stereocenters. The van der Waals surface area contributed by atoms with Crippen LogP contribution in [0.5, 0.6) is 0 Å². The van der Waals surface area contributed by atoms with E-state index < -0.39 is 0 Å². The minimum absolute atomic E-state index is 0.621. The molecule has 0 spiro atoms. The van der Waals surface area contributed by atoms with Crippen LogP contribution in [0.25, 0.3) is 0 Å². The number of aromatic nitrogens is 2. The van der Waals surface area contributed by atoms with Gasteiger partial charge < -0.3 is 10.3 Å². The lowest BCUT2D eigenvalue weighted by Crippen LogP contribution is -2.14. The molecule has 15 heavy (non-hydrogen) atoms. The van der Waals surface area contributed by atoms with Crippen LogP contribution >= 0.6 is 0 Å². The minimum atomic E-state index is 0.621. The van der Waals surface area contributed by atoms with E-state index in [0.29, 0.717) is 5.92 Å². The van der Waals surface area contributed by atoms with E-state index in [0.717, 1.165) is 24.8 Å². The van der Waals surface area contributed by atoms with Crippen molar-refractivity contribution in [3.63, 3.8) is 0 Å². The van der Waals surface area contributed by atoms with E-state index in [-0.39, 0.29) is 0 Å². The quantitative estimate of drug-likeness (QED) is 0.797. The fourth-order valence-corrected chi connectivity index (χ4v) is 2.52. The van der Waals surface area contributed by atoms with Gasteiger partial charge in [-0.25, -0.2) is 4.98 Å². The fraction of sp³-hybridized carbons (Fsp3) is 0.750. The Balaban J connectivity index is 2.15. The second-order valence-electron chi connectivity index (χ2n) is 4.77. The molecule has 0 bridgehead atoms. The first-order chi connectivity index (χ1) is 7.20. The van der Waals surface area contributed by atoms with Gasteiger partial charge in [0.2, 0.25) is 0 Å². The van der Waals surface area contributed by atoms with Crippen molar-refractivity contribution in [1.29, 1.82) is 0 Å². The first kappa shape index (κ1) is 10.7. The zero-order valence-electron chi connectivity index (χ0n) is 9.93. The van der Waals surface area contributed by atoms with Gasteiger partial charge >= 0.3 is 0 Å². The molecule has 1 aliphatic rings. The molecule has 3 nitrogen and oxygen atoms in total. The minimum Gasteiger partial charge on any atom is -0.345 e. The molecule has 2 atom stereocenters. The molecule has 0 aromatic carbocycles. The van der Waals surface area contributed by atoms with Crippen molar-refractivity contribution in [1.82, 2.24) is 15.3 Å². The van der Waals surface area contributed by atoms with Gasteiger partial charge in [-0.05, 0) is 25.3 Å². The maximum Gasteiger partial charge on any atom is 0.120 e. The SMILES string of the molecule is CCNCc1nc2c([nH]1)CC(C)CC2C. The number of imidazole rings is 1. The van der Waals surface area contributed by atoms with Gasteiger partial charge in [0.1, 0.15) is 5.82 Å². The van der Waals surface area contributed by atoms with E-state index in [1.54, 1.807) is 0 Å². The Hall–Kier alpha value is -0.830. The van der Waals surface area contributed by atoms with Crippen LogP contribution in [0.3, 0.4) is 0 Å². The number of fused-ring (bicyclic) bond motifs is 1. The predicted molar refractivity (Wildman–Crippen MR) is 61.9 cm³/mol. The van der Waals surface area contributed by atoms with E-state index in [9.17, 15) is 0 Å². The van der Waals surface area contributed by atoms with E-state index >= 15 is 0 Å². The summed E-state index contributed by atoms with van der Waals surface area (Å²) >= 11 is 0. The molecule has 0 saturated carbocycles. The smallest absolute Gasteiger partial charge is 0.120 e. The van der Waals surface area contributed by atoms with Crippen molar-refractivity contribution < 1.29 is 0 Å². The molecule has 1 heterocycles. The summed E-state index contributed by atoms with van der Waals surface area (Å²) in [5.74, 6) is 2.51. The van der Waals surface area contributed by atoms with Crippen LogP contribution in [-0.4, -0.2) is 16.5 Å². The Bertz CT molecular complexity index is 330. The molecular weight excluding hydrogens is 186 g/mol. The molecule has 0 saturated heterocycles. The van der Waals surface area contributed by atoms with Crippen molar-refractivity contribution in [3.8, 4) is 0 Å². The molecule has 3 heteroatoms. The first-order valence-electron chi connectivity index (χ1n) is 5.99. The average Bonchev–Trinajstić information content (AvgIpc) is 2.57. The number of nitrogens with zero attached hydrogens (tertiary/aromatic N) is 1. The zero-order chi connectivity index (χ0) is 10.8. The van der Waals surface area contributed by atoms with Crippen molar-refractivity contribution in [2.24, 2.45) is 5.92 Å². The van der Waals surface area contributed by atoms with Gasteiger partial charge in [0.25, 0.3) is 0 Å². The molecular formula is C12H21N3. The standard InChI is InChI=1S/C12H21N3/c1-4-13-7-11-14-10-6-8(2)5-9(3)12(10)15-11/h8-9,13H,4-7H2,1-3H3,(H,14,15). The second-order valence-corrected chi connectivity index (χ2v) is 4.77. The fourth-order valence-electron chi connectivity index (χ4n) is 2.52. The Kier molecular flexibility index (Phi) is 3.10. The average molecular weight is 207 g/mol. The highest BCUT2D eigenvalue weighted by molar-refractivity contribution is 5.22. The van der Waals surface area contributed by atoms with E-state index in [1.807, 2.05) is 0 Å². The Morgan fingerprint density at radius 2 is 2.27 bits per heavy atom. The van der Waals surface area contributed by atoms with E-state index in [1.165, 1.54) is 24.2 Å². The zero-order valence-corrected chi connectivity index (χ0v) is 9.93. The van der Waals surface area contributed by atoms with Crippen LogP contribution < -0.4 is 5.32 Å². The molecule has 1 aromatic heterocycles. The summed E-state index contributed by atoms with van der Waals surface area (Å²) in [6.07, 6.45) is 2.44. The maximum absolute atomic E-state index is 4.69. The van der Waals surface area contributed by atoms with Crippen molar-refractivity contribution in [2.75, 3.05) is 6.54 Å². The number of hydrogen-bond donors (Lipinski definition) is 2. The maximum atomic E-state index is 4.69. The highest BCUT2D eigenvalue weighted by Gasteiger charge is 2.24. The van der Waals surface area contributed by atoms with Crippen molar-refractivity contribution in [2.45, 2.75) is 46.1 Å². The van der Waals surface area contributed by atoms with Gasteiger partial charge in [0.05, 0.1) is 12.2 Å². The molecule has 84 valence electrons. The summed E-state index contributed by atoms with van der Waals surface area (Å²) in [6.45, 7) is 8.59. The summed E-state index contributed by atoms with van der Waals surface area (Å²) in [5, 5.41) is 3.31. The van der Waals surface area contributed by atoms with Gasteiger partial charge in [-0.15, -0.1) is 0 Å². The van der Waals surface area contributed by atoms with Crippen LogP contribution in [0.2, 0.25) is 0 Å². The third kappa shape index (κ3) is 2.23. The lowest BCUT2D eigenvalue weighted by molar-refractivity contribution is 0.440. The molecule has 0 radical (unpaired) electrons. The number of H-pyrrole nitrogens is 1. The predicted octanol–water partition coefficient (Wildman–Crippen LogP) is 2.21. The van der Waals surface area contributed by atoms with E-state index in [4.69, 9.17) is 0 Å². The normalized spacial score (nSPS) is 25.3. The third-order valence-electron chi connectivity index (χ3n) is 3.18. The van der Waals surface area contributed by atoms with Crippen molar-refractivity contribution >= 4 is 0 Å². The second kappa shape index (κ2) is 4.35. The van der Waals surface area contributed by atoms with Crippen LogP contribution in [0.15, 0.2) is 0 Å². The number of aromatic amines is 1. The number of nitrogens with one attached hydrogen (secondary N) is 2. The Morgan fingerprint density at radius 1 is 1.47 bits per heavy atom. The third-order valence-corrected chi connectivity index (χ3v) is 3.18. The van der Waals surface area contributed by atoms with Gasteiger partial charge in [-0.1, -0.05) is 20.8 Å². The summed E-state index contributed by atoms with van der Waals surface area (Å²) < 4.78 is 0. The van der Waals surface area contributed by atoms with Crippen LogP contribution in [0, 0.1) is 5.92 Å². The molecule has 0 aliphatic heterocycles. The summed E-state index contributed by atoms with van der Waals surface area (Å²) in [5.41, 5.74) is 2.68. The lowest BCUT2D eigenvalue weighted by atomic mass is 9.84. The Morgan fingerprint density at radius 3 is 3.00 bits per heavy atom. The van der Waals surface area contributed by atoms with Gasteiger partial charge in [0.15, 0.2) is 0 Å². The molecule has 1 aliphatic carbocycles. The largest absolute Gasteiger partial charge is 0.345 e. The Labute approximate surface area is 91.7 Å². The molecule has 2 rings (SSSR count). The van der Waals surface area contributed by atoms with Crippen molar-refractivity contribution in [3.05, 3.63) is 17.2 Å². The molecule has 0 amide bonds. The van der Waals surface area contributed by atoms with Crippen LogP contribution in [0.4, 0.5) is 0 Å². The van der Waals surface area contributed by atoms with Crippen LogP contribution in [-0.2, 0) is 13.0 Å². The first-order valence-corrected chi connectivity index (χ1v) is 5.99. The number of hydrogen-bond acceptors (Lipinski definition) is 2. The molecule has 0 fully saturated rings. The highest BCUT2D eigenvalue weighted by Crippen LogP contribution is 2.32. The summed E-state index contributed by atoms with van der Waals surface area (Å²) in [7, 11) is 0.